The minimum Gasteiger partial charge on any atom is -0.493 e. The van der Waals surface area contributed by atoms with Crippen LogP contribution < -0.4 is 14.8 Å². The fourth-order valence-electron chi connectivity index (χ4n) is 4.91. The predicted molar refractivity (Wildman–Crippen MR) is 161 cm³/mol. The number of aromatic nitrogens is 2. The van der Waals surface area contributed by atoms with Crippen LogP contribution in [-0.2, 0) is 20.7 Å². The third-order valence-electron chi connectivity index (χ3n) is 7.08. The Morgan fingerprint density at radius 1 is 1.05 bits per heavy atom. The van der Waals surface area contributed by atoms with Gasteiger partial charge in [-0.05, 0) is 42.7 Å². The van der Waals surface area contributed by atoms with E-state index in [-0.39, 0.29) is 30.9 Å². The van der Waals surface area contributed by atoms with Crippen LogP contribution >= 0.6 is 11.6 Å². The number of ether oxygens (including phenoxy) is 3. The zero-order valence-electron chi connectivity index (χ0n) is 23.6. The third-order valence-corrected chi connectivity index (χ3v) is 7.33. The van der Waals surface area contributed by atoms with Crippen molar-refractivity contribution in [1.29, 1.82) is 0 Å². The largest absolute Gasteiger partial charge is 0.493 e. The van der Waals surface area contributed by atoms with Gasteiger partial charge in [0.1, 0.15) is 6.54 Å². The van der Waals surface area contributed by atoms with Gasteiger partial charge in [-0.3, -0.25) is 19.5 Å². The van der Waals surface area contributed by atoms with Crippen molar-refractivity contribution in [2.45, 2.75) is 25.4 Å². The van der Waals surface area contributed by atoms with Gasteiger partial charge < -0.3 is 19.1 Å². The van der Waals surface area contributed by atoms with E-state index < -0.39 is 0 Å². The smallest absolute Gasteiger partial charge is 0.246 e. The van der Waals surface area contributed by atoms with Gasteiger partial charge in [-0.15, -0.1) is 0 Å². The standard InChI is InChI=1S/C32H33ClN4O5/c1-40-28-15-14-25(18-29(28)41-2)37-20-27(23-10-12-24(33)13-11-23)34-32(37)35-30(38)21-36(19-26-9-6-16-42-26)31(39)17-22-7-4-3-5-8-22/h3-5,7-8,10-15,18,20,26H,6,9,16-17,19,21H2,1-2H3,(H,34,35,38)/t26-/m1/s1. The summed E-state index contributed by atoms with van der Waals surface area (Å²) in [6.45, 7) is 0.869. The van der Waals surface area contributed by atoms with E-state index in [2.05, 4.69) is 5.32 Å². The van der Waals surface area contributed by atoms with Crippen molar-refractivity contribution in [3.8, 4) is 28.4 Å². The lowest BCUT2D eigenvalue weighted by Gasteiger charge is -2.25. The number of hydrogen-bond acceptors (Lipinski definition) is 6. The Morgan fingerprint density at radius 3 is 2.50 bits per heavy atom. The van der Waals surface area contributed by atoms with Gasteiger partial charge in [0, 0.05) is 36.0 Å². The zero-order chi connectivity index (χ0) is 29.5. The number of halogens is 1. The van der Waals surface area contributed by atoms with Crippen LogP contribution in [0.25, 0.3) is 16.9 Å². The molecule has 4 aromatic rings. The Bertz CT molecular complexity index is 1520. The lowest BCUT2D eigenvalue weighted by molar-refractivity contribution is -0.135. The number of rotatable bonds is 11. The topological polar surface area (TPSA) is 94.9 Å². The fourth-order valence-corrected chi connectivity index (χ4v) is 5.03. The van der Waals surface area contributed by atoms with Crippen LogP contribution in [-0.4, -0.2) is 66.3 Å². The van der Waals surface area contributed by atoms with Gasteiger partial charge in [0.05, 0.1) is 38.1 Å². The van der Waals surface area contributed by atoms with Crippen LogP contribution in [0.4, 0.5) is 5.95 Å². The molecule has 1 N–H and O–H groups in total. The molecule has 218 valence electrons. The fraction of sp³-hybridized carbons (Fsp3) is 0.281. The lowest BCUT2D eigenvalue weighted by atomic mass is 10.1. The molecule has 5 rings (SSSR count). The maximum absolute atomic E-state index is 13.5. The SMILES string of the molecule is COc1ccc(-n2cc(-c3ccc(Cl)cc3)nc2NC(=O)CN(C[C@H]2CCCO2)C(=O)Cc2ccccc2)cc1OC. The molecule has 0 spiro atoms. The molecule has 1 atom stereocenters. The second kappa shape index (κ2) is 13.5. The Hall–Kier alpha value is -4.34. The average Bonchev–Trinajstić information content (AvgIpc) is 3.67. The van der Waals surface area contributed by atoms with E-state index in [4.69, 9.17) is 30.8 Å². The van der Waals surface area contributed by atoms with Gasteiger partial charge in [0.15, 0.2) is 11.5 Å². The minimum absolute atomic E-state index is 0.0946. The summed E-state index contributed by atoms with van der Waals surface area (Å²) in [5, 5.41) is 3.54. The number of carbonyl (C=O) groups excluding carboxylic acids is 2. The molecule has 0 saturated carbocycles. The monoisotopic (exact) mass is 588 g/mol. The number of carbonyl (C=O) groups is 2. The number of nitrogens with zero attached hydrogens (tertiary/aromatic N) is 3. The van der Waals surface area contributed by atoms with Crippen molar-refractivity contribution in [3.05, 3.63) is 89.6 Å². The number of amides is 2. The van der Waals surface area contributed by atoms with Gasteiger partial charge in [-0.1, -0.05) is 54.1 Å². The lowest BCUT2D eigenvalue weighted by Crippen LogP contribution is -2.43. The maximum atomic E-state index is 13.5. The molecular weight excluding hydrogens is 556 g/mol. The number of methoxy groups -OCH3 is 2. The summed E-state index contributed by atoms with van der Waals surface area (Å²) in [5.74, 6) is 0.890. The van der Waals surface area contributed by atoms with E-state index in [0.29, 0.717) is 47.0 Å². The van der Waals surface area contributed by atoms with Gasteiger partial charge in [0.2, 0.25) is 17.8 Å². The quantitative estimate of drug-likeness (QED) is 0.252. The number of benzene rings is 3. The van der Waals surface area contributed by atoms with Gasteiger partial charge >= 0.3 is 0 Å². The van der Waals surface area contributed by atoms with E-state index in [0.717, 1.165) is 24.0 Å². The summed E-state index contributed by atoms with van der Waals surface area (Å²) < 4.78 is 18.4. The third kappa shape index (κ3) is 7.10. The van der Waals surface area contributed by atoms with Gasteiger partial charge in [-0.2, -0.15) is 0 Å². The number of anilines is 1. The van der Waals surface area contributed by atoms with Crippen molar-refractivity contribution < 1.29 is 23.8 Å². The Kier molecular flexibility index (Phi) is 9.41. The summed E-state index contributed by atoms with van der Waals surface area (Å²) >= 11 is 6.10. The molecule has 1 aromatic heterocycles. The predicted octanol–water partition coefficient (Wildman–Crippen LogP) is 5.40. The highest BCUT2D eigenvalue weighted by Gasteiger charge is 2.25. The minimum atomic E-state index is -0.371. The van der Waals surface area contributed by atoms with Crippen molar-refractivity contribution in [2.24, 2.45) is 0 Å². The number of imidazole rings is 1. The molecule has 0 bridgehead atoms. The first-order valence-electron chi connectivity index (χ1n) is 13.7. The molecule has 2 amide bonds. The Morgan fingerprint density at radius 2 is 1.81 bits per heavy atom. The normalized spacial score (nSPS) is 14.4. The van der Waals surface area contributed by atoms with Crippen molar-refractivity contribution in [2.75, 3.05) is 39.2 Å². The van der Waals surface area contributed by atoms with Crippen molar-refractivity contribution in [3.63, 3.8) is 0 Å². The van der Waals surface area contributed by atoms with Crippen molar-refractivity contribution >= 4 is 29.4 Å². The molecule has 10 heteroatoms. The second-order valence-corrected chi connectivity index (χ2v) is 10.4. The van der Waals surface area contributed by atoms with E-state index in [1.54, 1.807) is 48.0 Å². The highest BCUT2D eigenvalue weighted by atomic mass is 35.5. The molecule has 0 unspecified atom stereocenters. The first-order chi connectivity index (χ1) is 20.4. The van der Waals surface area contributed by atoms with E-state index in [9.17, 15) is 9.59 Å². The van der Waals surface area contributed by atoms with E-state index >= 15 is 0 Å². The molecule has 1 aliphatic rings. The summed E-state index contributed by atoms with van der Waals surface area (Å²) in [7, 11) is 3.13. The van der Waals surface area contributed by atoms with Gasteiger partial charge in [0.25, 0.3) is 0 Å². The van der Waals surface area contributed by atoms with Gasteiger partial charge in [-0.25, -0.2) is 4.98 Å². The Labute approximate surface area is 250 Å². The highest BCUT2D eigenvalue weighted by Crippen LogP contribution is 2.32. The molecular formula is C32H33ClN4O5. The maximum Gasteiger partial charge on any atom is 0.246 e. The number of hydrogen-bond donors (Lipinski definition) is 1. The van der Waals surface area contributed by atoms with Crippen LogP contribution in [0.15, 0.2) is 79.0 Å². The molecule has 1 saturated heterocycles. The molecule has 1 fully saturated rings. The second-order valence-electron chi connectivity index (χ2n) is 9.99. The first kappa shape index (κ1) is 29.2. The molecule has 3 aromatic carbocycles. The number of nitrogens with one attached hydrogen (secondary N) is 1. The molecule has 2 heterocycles. The van der Waals surface area contributed by atoms with Crippen LogP contribution in [0.1, 0.15) is 18.4 Å². The summed E-state index contributed by atoms with van der Waals surface area (Å²) in [6.07, 6.45) is 3.72. The van der Waals surface area contributed by atoms with E-state index in [1.165, 1.54) is 0 Å². The van der Waals surface area contributed by atoms with Crippen LogP contribution in [0, 0.1) is 0 Å². The van der Waals surface area contributed by atoms with Crippen LogP contribution in [0.3, 0.4) is 0 Å². The highest BCUT2D eigenvalue weighted by molar-refractivity contribution is 6.30. The van der Waals surface area contributed by atoms with Crippen LogP contribution in [0.2, 0.25) is 5.02 Å². The molecule has 42 heavy (non-hydrogen) atoms. The molecule has 9 nitrogen and oxygen atoms in total. The summed E-state index contributed by atoms with van der Waals surface area (Å²) in [6, 6.07) is 22.2. The summed E-state index contributed by atoms with van der Waals surface area (Å²) in [4.78, 5) is 33.2. The molecule has 0 radical (unpaired) electrons. The van der Waals surface area contributed by atoms with Crippen molar-refractivity contribution in [1.82, 2.24) is 14.5 Å². The zero-order valence-corrected chi connectivity index (χ0v) is 24.3. The molecule has 0 aliphatic carbocycles. The van der Waals surface area contributed by atoms with E-state index in [1.807, 2.05) is 54.7 Å². The Balaban J connectivity index is 1.42. The molecule has 1 aliphatic heterocycles. The first-order valence-corrected chi connectivity index (χ1v) is 14.1. The summed E-state index contributed by atoms with van der Waals surface area (Å²) in [5.41, 5.74) is 3.05. The average molecular weight is 589 g/mol. The van der Waals surface area contributed by atoms with Crippen LogP contribution in [0.5, 0.6) is 11.5 Å².